The van der Waals surface area contributed by atoms with E-state index in [-0.39, 0.29) is 0 Å². The molecule has 0 aliphatic carbocycles. The van der Waals surface area contributed by atoms with Gasteiger partial charge in [-0.15, -0.1) is 0 Å². The second-order valence-corrected chi connectivity index (χ2v) is 3.83. The molecule has 78 valence electrons. The maximum absolute atomic E-state index is 2.44. The van der Waals surface area contributed by atoms with Gasteiger partial charge in [0, 0.05) is 5.92 Å². The molecule has 0 amide bonds. The van der Waals surface area contributed by atoms with Crippen molar-refractivity contribution in [3.8, 4) is 0 Å². The maximum Gasteiger partial charge on any atom is 0.142 e. The van der Waals surface area contributed by atoms with E-state index in [0.29, 0.717) is 0 Å². The first-order chi connectivity index (χ1) is 6.19. The third kappa shape index (κ3) is 4.44. The molecule has 0 rings (SSSR count). The van der Waals surface area contributed by atoms with Gasteiger partial charge in [-0.05, 0) is 26.2 Å². The van der Waals surface area contributed by atoms with Crippen LogP contribution in [0.5, 0.6) is 0 Å². The molecule has 0 radical (unpaired) electrons. The zero-order chi connectivity index (χ0) is 10.3. The summed E-state index contributed by atoms with van der Waals surface area (Å²) in [6.07, 6.45) is 5.00. The van der Waals surface area contributed by atoms with Crippen LogP contribution in [0.4, 0.5) is 0 Å². The van der Waals surface area contributed by atoms with Gasteiger partial charge in [0.25, 0.3) is 0 Å². The summed E-state index contributed by atoms with van der Waals surface area (Å²) in [6, 6.07) is 0. The van der Waals surface area contributed by atoms with Crippen LogP contribution >= 0.6 is 0 Å². The molecule has 0 N–H and O–H groups in total. The summed E-state index contributed by atoms with van der Waals surface area (Å²) in [6.45, 7) is 13.7. The van der Waals surface area contributed by atoms with Crippen molar-refractivity contribution in [2.24, 2.45) is 11.8 Å². The van der Waals surface area contributed by atoms with Crippen molar-refractivity contribution in [2.45, 2.75) is 47.5 Å². The normalized spacial score (nSPS) is 15.2. The molecule has 0 aliphatic heterocycles. The highest BCUT2D eigenvalue weighted by atomic mass is 15.0. The van der Waals surface area contributed by atoms with Gasteiger partial charge in [0.2, 0.25) is 0 Å². The van der Waals surface area contributed by atoms with E-state index in [1.54, 1.807) is 0 Å². The average Bonchev–Trinajstić information content (AvgIpc) is 2.19. The Labute approximate surface area is 83.9 Å². The lowest BCUT2D eigenvalue weighted by atomic mass is 9.90. The number of rotatable bonds is 6. The first-order valence-corrected chi connectivity index (χ1v) is 5.78. The van der Waals surface area contributed by atoms with E-state index in [9.17, 15) is 0 Å². The Morgan fingerprint density at radius 1 is 1.00 bits per heavy atom. The molecule has 0 saturated heterocycles. The van der Waals surface area contributed by atoms with Crippen molar-refractivity contribution < 1.29 is 4.58 Å². The first-order valence-electron chi connectivity index (χ1n) is 5.78. The predicted octanol–water partition coefficient (Wildman–Crippen LogP) is 3.18. The van der Waals surface area contributed by atoms with Crippen LogP contribution in [-0.2, 0) is 0 Å². The monoisotopic (exact) mass is 184 g/mol. The smallest absolute Gasteiger partial charge is 0.142 e. The van der Waals surface area contributed by atoms with Gasteiger partial charge in [0.1, 0.15) is 19.3 Å². The van der Waals surface area contributed by atoms with Gasteiger partial charge in [-0.2, -0.15) is 0 Å². The second-order valence-electron chi connectivity index (χ2n) is 3.83. The predicted molar refractivity (Wildman–Crippen MR) is 60.6 cm³/mol. The molecular formula is C12H26N+. The highest BCUT2D eigenvalue weighted by molar-refractivity contribution is 5.55. The Morgan fingerprint density at radius 3 is 1.85 bits per heavy atom. The molecule has 0 aliphatic rings. The Kier molecular flexibility index (Phi) is 6.93. The molecule has 2 atom stereocenters. The molecule has 0 saturated carbocycles. The van der Waals surface area contributed by atoms with E-state index in [4.69, 9.17) is 0 Å². The summed E-state index contributed by atoms with van der Waals surface area (Å²) in [5.74, 6) is 1.59. The average molecular weight is 184 g/mol. The molecule has 1 heteroatoms. The molecule has 0 aromatic carbocycles. The lowest BCUT2D eigenvalue weighted by Gasteiger charge is -2.15. The van der Waals surface area contributed by atoms with Crippen molar-refractivity contribution in [1.82, 2.24) is 0 Å². The Bertz CT molecular complexity index is 143. The topological polar surface area (TPSA) is 3.01 Å². The third-order valence-electron chi connectivity index (χ3n) is 3.06. The van der Waals surface area contributed by atoms with E-state index in [0.717, 1.165) is 24.9 Å². The fraction of sp³-hybridized carbons (Fsp3) is 0.917. The summed E-state index contributed by atoms with van der Waals surface area (Å²) in [5.41, 5.74) is 0. The molecule has 0 spiro atoms. The third-order valence-corrected chi connectivity index (χ3v) is 3.06. The fourth-order valence-corrected chi connectivity index (χ4v) is 1.66. The van der Waals surface area contributed by atoms with E-state index in [1.807, 2.05) is 0 Å². The summed E-state index contributed by atoms with van der Waals surface area (Å²) >= 11 is 0. The SMILES string of the molecule is CCC(C)C(C=[N+](CC)CC)CC. The van der Waals surface area contributed by atoms with Crippen LogP contribution in [0.1, 0.15) is 47.5 Å². The van der Waals surface area contributed by atoms with Crippen molar-refractivity contribution in [1.29, 1.82) is 0 Å². The summed E-state index contributed by atoms with van der Waals surface area (Å²) in [5, 5.41) is 0. The Balaban J connectivity index is 4.31. The van der Waals surface area contributed by atoms with Crippen molar-refractivity contribution in [3.05, 3.63) is 0 Å². The largest absolute Gasteiger partial charge is 0.240 e. The molecule has 0 aromatic rings. The molecular weight excluding hydrogens is 158 g/mol. The van der Waals surface area contributed by atoms with Crippen molar-refractivity contribution in [2.75, 3.05) is 13.1 Å². The lowest BCUT2D eigenvalue weighted by Crippen LogP contribution is -2.21. The molecule has 1 nitrogen and oxygen atoms in total. The minimum Gasteiger partial charge on any atom is -0.240 e. The van der Waals surface area contributed by atoms with E-state index >= 15 is 0 Å². The van der Waals surface area contributed by atoms with Crippen molar-refractivity contribution in [3.63, 3.8) is 0 Å². The van der Waals surface area contributed by atoms with Crippen LogP contribution in [0.2, 0.25) is 0 Å². The minimum absolute atomic E-state index is 0.768. The van der Waals surface area contributed by atoms with Crippen LogP contribution in [0.3, 0.4) is 0 Å². The van der Waals surface area contributed by atoms with Crippen LogP contribution in [-0.4, -0.2) is 23.9 Å². The molecule has 13 heavy (non-hydrogen) atoms. The van der Waals surface area contributed by atoms with Gasteiger partial charge in [-0.25, -0.2) is 4.58 Å². The Morgan fingerprint density at radius 2 is 1.54 bits per heavy atom. The minimum atomic E-state index is 0.768. The fourth-order valence-electron chi connectivity index (χ4n) is 1.66. The lowest BCUT2D eigenvalue weighted by molar-refractivity contribution is -0.518. The zero-order valence-corrected chi connectivity index (χ0v) is 10.0. The summed E-state index contributed by atoms with van der Waals surface area (Å²) in [7, 11) is 0. The van der Waals surface area contributed by atoms with E-state index in [1.165, 1.54) is 12.8 Å². The molecule has 0 aromatic heterocycles. The number of nitrogens with zero attached hydrogens (tertiary/aromatic N) is 1. The van der Waals surface area contributed by atoms with Gasteiger partial charge >= 0.3 is 0 Å². The van der Waals surface area contributed by atoms with E-state index in [2.05, 4.69) is 45.4 Å². The van der Waals surface area contributed by atoms with Crippen LogP contribution in [0.25, 0.3) is 0 Å². The number of hydrogen-bond donors (Lipinski definition) is 0. The second kappa shape index (κ2) is 7.11. The molecule has 0 bridgehead atoms. The number of hydrogen-bond acceptors (Lipinski definition) is 0. The maximum atomic E-state index is 2.44. The molecule has 2 unspecified atom stereocenters. The summed E-state index contributed by atoms with van der Waals surface area (Å²) < 4.78 is 2.42. The first kappa shape index (κ1) is 12.7. The van der Waals surface area contributed by atoms with Gasteiger partial charge < -0.3 is 0 Å². The van der Waals surface area contributed by atoms with Gasteiger partial charge in [0.05, 0.1) is 0 Å². The highest BCUT2D eigenvalue weighted by Gasteiger charge is 2.15. The van der Waals surface area contributed by atoms with Crippen LogP contribution < -0.4 is 0 Å². The van der Waals surface area contributed by atoms with Crippen molar-refractivity contribution >= 4 is 6.21 Å². The summed E-state index contributed by atoms with van der Waals surface area (Å²) in [4.78, 5) is 0. The standard InChI is InChI=1S/C12H26N/c1-6-11(5)12(7-2)10-13(8-3)9-4/h10-12H,6-9H2,1-5H3/q+1. The van der Waals surface area contributed by atoms with Gasteiger partial charge in [-0.1, -0.05) is 27.2 Å². The Hall–Kier alpha value is -0.330. The molecule has 0 fully saturated rings. The highest BCUT2D eigenvalue weighted by Crippen LogP contribution is 2.16. The molecule has 0 heterocycles. The van der Waals surface area contributed by atoms with Gasteiger partial charge in [0.15, 0.2) is 0 Å². The van der Waals surface area contributed by atoms with Gasteiger partial charge in [-0.3, -0.25) is 0 Å². The quantitative estimate of drug-likeness (QED) is 0.440. The zero-order valence-electron chi connectivity index (χ0n) is 10.0. The van der Waals surface area contributed by atoms with Crippen LogP contribution in [0, 0.1) is 11.8 Å². The van der Waals surface area contributed by atoms with E-state index < -0.39 is 0 Å². The van der Waals surface area contributed by atoms with Crippen LogP contribution in [0.15, 0.2) is 0 Å².